The molecule has 0 spiro atoms. The lowest BCUT2D eigenvalue weighted by Gasteiger charge is -2.39. The van der Waals surface area contributed by atoms with Crippen molar-refractivity contribution in [1.82, 2.24) is 10.2 Å². The second-order valence-corrected chi connectivity index (χ2v) is 9.64. The van der Waals surface area contributed by atoms with E-state index < -0.39 is 30.1 Å². The molecule has 2 aromatic rings. The van der Waals surface area contributed by atoms with Crippen LogP contribution in [0.3, 0.4) is 0 Å². The first-order chi connectivity index (χ1) is 16.5. The molecule has 3 atom stereocenters. The van der Waals surface area contributed by atoms with Crippen LogP contribution in [0.5, 0.6) is 0 Å². The highest BCUT2D eigenvalue weighted by Gasteiger charge is 2.44. The molecule has 0 radical (unpaired) electrons. The summed E-state index contributed by atoms with van der Waals surface area (Å²) in [6.45, 7) is 2.49. The van der Waals surface area contributed by atoms with Gasteiger partial charge in [0.25, 0.3) is 0 Å². The van der Waals surface area contributed by atoms with Gasteiger partial charge in [-0.15, -0.1) is 0 Å². The standard InChI is InChI=1S/C27H30N2O5/c1-16-18(26(31)32)11-6-14-29(16)25(30)24(17-12-13-17)28-27(33)34-15-23-21-9-4-2-7-19(21)20-8-3-5-10-22(20)23/h2-5,7-10,16-18,23-24H,6,11-15H2,1H3,(H,28,33)(H,31,32). The van der Waals surface area contributed by atoms with Gasteiger partial charge < -0.3 is 20.1 Å². The van der Waals surface area contributed by atoms with E-state index >= 15 is 0 Å². The highest BCUT2D eigenvalue weighted by atomic mass is 16.5. The Morgan fingerprint density at radius 1 is 1.03 bits per heavy atom. The van der Waals surface area contributed by atoms with Crippen molar-refractivity contribution in [3.8, 4) is 11.1 Å². The van der Waals surface area contributed by atoms with Crippen LogP contribution >= 0.6 is 0 Å². The molecule has 3 unspecified atom stereocenters. The van der Waals surface area contributed by atoms with Crippen molar-refractivity contribution in [2.45, 2.75) is 50.6 Å². The van der Waals surface area contributed by atoms with Gasteiger partial charge in [0.1, 0.15) is 12.6 Å². The molecule has 1 saturated heterocycles. The number of carbonyl (C=O) groups is 3. The van der Waals surface area contributed by atoms with E-state index in [1.54, 1.807) is 11.8 Å². The van der Waals surface area contributed by atoms with Crippen LogP contribution in [0.15, 0.2) is 48.5 Å². The summed E-state index contributed by atoms with van der Waals surface area (Å²) in [5, 5.41) is 12.3. The maximum atomic E-state index is 13.3. The summed E-state index contributed by atoms with van der Waals surface area (Å²) in [5.41, 5.74) is 4.58. The van der Waals surface area contributed by atoms with Gasteiger partial charge in [0.15, 0.2) is 0 Å². The minimum atomic E-state index is -0.877. The Balaban J connectivity index is 1.26. The number of carboxylic acid groups (broad SMARTS) is 1. The van der Waals surface area contributed by atoms with Gasteiger partial charge in [0.2, 0.25) is 5.91 Å². The maximum absolute atomic E-state index is 13.3. The lowest BCUT2D eigenvalue weighted by Crippen LogP contribution is -2.56. The van der Waals surface area contributed by atoms with Crippen molar-refractivity contribution >= 4 is 18.0 Å². The Bertz CT molecular complexity index is 1070. The summed E-state index contributed by atoms with van der Waals surface area (Å²) in [4.78, 5) is 39.4. The summed E-state index contributed by atoms with van der Waals surface area (Å²) in [5.74, 6) is -1.63. The number of benzene rings is 2. The van der Waals surface area contributed by atoms with E-state index in [9.17, 15) is 19.5 Å². The molecule has 178 valence electrons. The summed E-state index contributed by atoms with van der Waals surface area (Å²) in [6.07, 6.45) is 2.34. The van der Waals surface area contributed by atoms with Crippen LogP contribution in [0.1, 0.15) is 49.7 Å². The van der Waals surface area contributed by atoms with E-state index in [-0.39, 0.29) is 24.3 Å². The van der Waals surface area contributed by atoms with Gasteiger partial charge >= 0.3 is 12.1 Å². The second kappa shape index (κ2) is 9.12. The van der Waals surface area contributed by atoms with Gasteiger partial charge in [-0.3, -0.25) is 9.59 Å². The number of alkyl carbamates (subject to hydrolysis) is 1. The van der Waals surface area contributed by atoms with E-state index in [0.29, 0.717) is 19.4 Å². The molecule has 2 aromatic carbocycles. The molecule has 2 amide bonds. The number of carbonyl (C=O) groups excluding carboxylic acids is 2. The fraction of sp³-hybridized carbons (Fsp3) is 0.444. The van der Waals surface area contributed by atoms with Gasteiger partial charge in [-0.2, -0.15) is 0 Å². The lowest BCUT2D eigenvalue weighted by atomic mass is 9.89. The number of amides is 2. The molecule has 2 aliphatic carbocycles. The van der Waals surface area contributed by atoms with E-state index in [1.807, 2.05) is 24.3 Å². The summed E-state index contributed by atoms with van der Waals surface area (Å²) < 4.78 is 5.66. The summed E-state index contributed by atoms with van der Waals surface area (Å²) in [6, 6.07) is 15.2. The fourth-order valence-electron chi connectivity index (χ4n) is 5.54. The molecule has 2 N–H and O–H groups in total. The zero-order valence-corrected chi connectivity index (χ0v) is 19.3. The number of carboxylic acids is 1. The van der Waals surface area contributed by atoms with E-state index in [0.717, 1.165) is 35.1 Å². The first-order valence-corrected chi connectivity index (χ1v) is 12.1. The fourth-order valence-corrected chi connectivity index (χ4v) is 5.54. The number of likely N-dealkylation sites (tertiary alicyclic amines) is 1. The van der Waals surface area contributed by atoms with Crippen molar-refractivity contribution in [3.05, 3.63) is 59.7 Å². The summed E-state index contributed by atoms with van der Waals surface area (Å²) >= 11 is 0. The lowest BCUT2D eigenvalue weighted by molar-refractivity contribution is -0.150. The number of piperidine rings is 1. The Morgan fingerprint density at radius 3 is 2.24 bits per heavy atom. The monoisotopic (exact) mass is 462 g/mol. The predicted molar refractivity (Wildman–Crippen MR) is 126 cm³/mol. The molecule has 2 fully saturated rings. The van der Waals surface area contributed by atoms with E-state index in [4.69, 9.17) is 4.74 Å². The molecule has 34 heavy (non-hydrogen) atoms. The minimum absolute atomic E-state index is 0.0494. The van der Waals surface area contributed by atoms with Crippen LogP contribution in [0, 0.1) is 11.8 Å². The Kier molecular flexibility index (Phi) is 6.02. The third-order valence-corrected chi connectivity index (χ3v) is 7.56. The number of fused-ring (bicyclic) bond motifs is 3. The number of rotatable bonds is 6. The van der Waals surface area contributed by atoms with E-state index in [1.165, 1.54) is 0 Å². The van der Waals surface area contributed by atoms with Crippen LogP contribution < -0.4 is 5.32 Å². The molecule has 7 heteroatoms. The topological polar surface area (TPSA) is 95.9 Å². The van der Waals surface area contributed by atoms with E-state index in [2.05, 4.69) is 29.6 Å². The predicted octanol–water partition coefficient (Wildman–Crippen LogP) is 4.02. The van der Waals surface area contributed by atoms with Crippen molar-refractivity contribution < 1.29 is 24.2 Å². The number of aliphatic carboxylic acids is 1. The molecule has 1 aliphatic heterocycles. The molecule has 7 nitrogen and oxygen atoms in total. The Labute approximate surface area is 199 Å². The molecule has 1 heterocycles. The van der Waals surface area contributed by atoms with Crippen LogP contribution in [0.2, 0.25) is 0 Å². The molecular formula is C27H30N2O5. The molecule has 5 rings (SSSR count). The zero-order chi connectivity index (χ0) is 23.8. The number of nitrogens with one attached hydrogen (secondary N) is 1. The summed E-state index contributed by atoms with van der Waals surface area (Å²) in [7, 11) is 0. The average Bonchev–Trinajstić information content (AvgIpc) is 3.63. The van der Waals surface area contributed by atoms with Crippen LogP contribution in [-0.2, 0) is 14.3 Å². The maximum Gasteiger partial charge on any atom is 0.407 e. The Morgan fingerprint density at radius 2 is 1.65 bits per heavy atom. The smallest absolute Gasteiger partial charge is 0.407 e. The normalized spacial score (nSPS) is 22.4. The van der Waals surface area contributed by atoms with Crippen molar-refractivity contribution in [2.75, 3.05) is 13.2 Å². The number of hydrogen-bond acceptors (Lipinski definition) is 4. The van der Waals surface area contributed by atoms with Gasteiger partial charge in [-0.05, 0) is 60.8 Å². The SMILES string of the molecule is CC1C(C(=O)O)CCCN1C(=O)C(NC(=O)OCC1c2ccccc2-c2ccccc21)C1CC1. The molecule has 1 saturated carbocycles. The minimum Gasteiger partial charge on any atom is -0.481 e. The third-order valence-electron chi connectivity index (χ3n) is 7.56. The highest BCUT2D eigenvalue weighted by Crippen LogP contribution is 2.44. The van der Waals surface area contributed by atoms with Crippen LogP contribution in [-0.4, -0.2) is 53.2 Å². The highest BCUT2D eigenvalue weighted by molar-refractivity contribution is 5.87. The van der Waals surface area contributed by atoms with Crippen molar-refractivity contribution in [2.24, 2.45) is 11.8 Å². The molecular weight excluding hydrogens is 432 g/mol. The first-order valence-electron chi connectivity index (χ1n) is 12.1. The number of nitrogens with zero attached hydrogens (tertiary/aromatic N) is 1. The quantitative estimate of drug-likeness (QED) is 0.676. The van der Waals surface area contributed by atoms with Gasteiger partial charge in [0.05, 0.1) is 5.92 Å². The number of hydrogen-bond donors (Lipinski definition) is 2. The van der Waals surface area contributed by atoms with Crippen LogP contribution in [0.4, 0.5) is 4.79 Å². The molecule has 0 bridgehead atoms. The third kappa shape index (κ3) is 4.15. The Hall–Kier alpha value is -3.35. The first kappa shape index (κ1) is 22.4. The zero-order valence-electron chi connectivity index (χ0n) is 19.3. The van der Waals surface area contributed by atoms with Crippen molar-refractivity contribution in [3.63, 3.8) is 0 Å². The van der Waals surface area contributed by atoms with Gasteiger partial charge in [0, 0.05) is 18.5 Å². The average molecular weight is 463 g/mol. The van der Waals surface area contributed by atoms with Gasteiger partial charge in [-0.1, -0.05) is 48.5 Å². The largest absolute Gasteiger partial charge is 0.481 e. The number of ether oxygens (including phenoxy) is 1. The van der Waals surface area contributed by atoms with Crippen LogP contribution in [0.25, 0.3) is 11.1 Å². The second-order valence-electron chi connectivity index (χ2n) is 9.64. The van der Waals surface area contributed by atoms with Gasteiger partial charge in [-0.25, -0.2) is 4.79 Å². The van der Waals surface area contributed by atoms with Crippen molar-refractivity contribution in [1.29, 1.82) is 0 Å². The molecule has 3 aliphatic rings. The molecule has 0 aromatic heterocycles.